The Kier molecular flexibility index (Phi) is 7.61. The summed E-state index contributed by atoms with van der Waals surface area (Å²) in [6.45, 7) is 0.181. The average Bonchev–Trinajstić information content (AvgIpc) is 3.11. The van der Waals surface area contributed by atoms with Crippen molar-refractivity contribution in [1.29, 1.82) is 0 Å². The number of carbonyl (C=O) groups is 1. The van der Waals surface area contributed by atoms with Crippen LogP contribution in [-0.2, 0) is 21.2 Å². The van der Waals surface area contributed by atoms with E-state index in [1.807, 2.05) is 0 Å². The number of sulfone groups is 1. The summed E-state index contributed by atoms with van der Waals surface area (Å²) in [6.07, 6.45) is 5.64. The first kappa shape index (κ1) is 23.9. The van der Waals surface area contributed by atoms with Crippen LogP contribution < -0.4 is 14.3 Å². The first-order valence-electron chi connectivity index (χ1n) is 9.54. The molecule has 0 saturated heterocycles. The number of hydrogen-bond donors (Lipinski definition) is 0. The van der Waals surface area contributed by atoms with E-state index in [9.17, 15) is 13.2 Å². The molecule has 168 valence electrons. The van der Waals surface area contributed by atoms with Gasteiger partial charge in [0, 0.05) is 11.4 Å². The highest BCUT2D eigenvalue weighted by Gasteiger charge is 2.17. The Morgan fingerprint density at radius 1 is 1.16 bits per heavy atom. The fourth-order valence-corrected chi connectivity index (χ4v) is 5.71. The van der Waals surface area contributed by atoms with Gasteiger partial charge in [0.2, 0.25) is 5.91 Å². The molecule has 0 fully saturated rings. The lowest BCUT2D eigenvalue weighted by Gasteiger charge is -2.08. The van der Waals surface area contributed by atoms with Crippen LogP contribution in [0.5, 0.6) is 11.5 Å². The maximum atomic E-state index is 12.5. The van der Waals surface area contributed by atoms with Crippen LogP contribution in [0.1, 0.15) is 12.8 Å². The number of hydrogen-bond acceptors (Lipinski definition) is 6. The molecule has 3 aromatic rings. The van der Waals surface area contributed by atoms with Gasteiger partial charge in [-0.25, -0.2) is 8.42 Å². The number of aromatic nitrogens is 1. The minimum absolute atomic E-state index is 0.0224. The van der Waals surface area contributed by atoms with Crippen molar-refractivity contribution in [2.24, 2.45) is 4.99 Å². The molecule has 0 aliphatic rings. The lowest BCUT2D eigenvalue weighted by Crippen LogP contribution is -2.17. The van der Waals surface area contributed by atoms with Gasteiger partial charge in [0.05, 0.1) is 31.4 Å². The van der Waals surface area contributed by atoms with Crippen molar-refractivity contribution in [3.05, 3.63) is 46.2 Å². The average molecular weight is 493 g/mol. The Hall–Kier alpha value is -2.80. The van der Waals surface area contributed by atoms with Gasteiger partial charge in [-0.05, 0) is 42.8 Å². The lowest BCUT2D eigenvalue weighted by molar-refractivity contribution is -0.118. The molecule has 0 bridgehead atoms. The van der Waals surface area contributed by atoms with Gasteiger partial charge >= 0.3 is 0 Å². The minimum atomic E-state index is -3.52. The molecule has 1 aromatic heterocycles. The Labute approximate surface area is 195 Å². The van der Waals surface area contributed by atoms with Crippen LogP contribution in [-0.4, -0.2) is 38.9 Å². The monoisotopic (exact) mass is 492 g/mol. The summed E-state index contributed by atoms with van der Waals surface area (Å²) in [5, 5.41) is 0.454. The van der Waals surface area contributed by atoms with Crippen molar-refractivity contribution >= 4 is 48.9 Å². The maximum Gasteiger partial charge on any atom is 0.248 e. The van der Waals surface area contributed by atoms with Crippen LogP contribution in [0.25, 0.3) is 10.2 Å². The van der Waals surface area contributed by atoms with Crippen molar-refractivity contribution in [3.63, 3.8) is 0 Å². The molecule has 2 aromatic carbocycles. The van der Waals surface area contributed by atoms with Crippen LogP contribution in [0.15, 0.2) is 46.3 Å². The fourth-order valence-electron chi connectivity index (χ4n) is 3.11. The lowest BCUT2D eigenvalue weighted by atomic mass is 10.3. The van der Waals surface area contributed by atoms with Crippen molar-refractivity contribution < 1.29 is 22.7 Å². The van der Waals surface area contributed by atoms with Gasteiger partial charge in [-0.2, -0.15) is 4.99 Å². The Morgan fingerprint density at radius 2 is 1.81 bits per heavy atom. The van der Waals surface area contributed by atoms with E-state index in [0.29, 0.717) is 26.8 Å². The largest absolute Gasteiger partial charge is 0.495 e. The summed E-state index contributed by atoms with van der Waals surface area (Å²) in [5.74, 6) is 3.14. The zero-order valence-electron chi connectivity index (χ0n) is 17.5. The van der Waals surface area contributed by atoms with Gasteiger partial charge in [0.1, 0.15) is 21.7 Å². The number of fused-ring (bicyclic) bond motifs is 1. The van der Waals surface area contributed by atoms with Crippen molar-refractivity contribution in [1.82, 2.24) is 4.57 Å². The van der Waals surface area contributed by atoms with Crippen LogP contribution >= 0.6 is 22.9 Å². The van der Waals surface area contributed by atoms with Crippen LogP contribution in [0, 0.1) is 12.3 Å². The summed E-state index contributed by atoms with van der Waals surface area (Å²) in [7, 11) is -0.421. The SMILES string of the molecule is C#CCn1c(=NC(=O)CCCS(=O)(=O)c2ccc(Cl)cc2)sc2c(OC)ccc(OC)c21. The predicted octanol–water partition coefficient (Wildman–Crippen LogP) is 3.69. The van der Waals surface area contributed by atoms with E-state index >= 15 is 0 Å². The molecule has 32 heavy (non-hydrogen) atoms. The zero-order valence-corrected chi connectivity index (χ0v) is 19.9. The molecule has 1 heterocycles. The second kappa shape index (κ2) is 10.2. The fraction of sp³-hybridized carbons (Fsp3) is 0.273. The maximum absolute atomic E-state index is 12.5. The molecule has 0 spiro atoms. The van der Waals surface area contributed by atoms with E-state index in [1.165, 1.54) is 35.6 Å². The van der Waals surface area contributed by atoms with E-state index in [-0.39, 0.29) is 30.0 Å². The molecule has 0 unspecified atom stereocenters. The van der Waals surface area contributed by atoms with Crippen molar-refractivity contribution in [3.8, 4) is 23.8 Å². The molecule has 7 nitrogen and oxygen atoms in total. The molecule has 0 N–H and O–H groups in total. The molecule has 0 saturated carbocycles. The summed E-state index contributed by atoms with van der Waals surface area (Å²) in [5.41, 5.74) is 0.687. The number of benzene rings is 2. The van der Waals surface area contributed by atoms with E-state index in [2.05, 4.69) is 10.9 Å². The number of thiazole rings is 1. The van der Waals surface area contributed by atoms with Gasteiger partial charge < -0.3 is 14.0 Å². The highest BCUT2D eigenvalue weighted by atomic mass is 35.5. The standard InChI is InChI=1S/C22H21ClN2O5S2/c1-4-13-25-20-17(29-2)11-12-18(30-3)21(20)31-22(25)24-19(26)6-5-14-32(27,28)16-9-7-15(23)8-10-16/h1,7-12H,5-6,13-14H2,2-3H3. The number of rotatable bonds is 8. The number of methoxy groups -OCH3 is 2. The first-order chi connectivity index (χ1) is 15.3. The number of carbonyl (C=O) groups excluding carboxylic acids is 1. The van der Waals surface area contributed by atoms with Gasteiger partial charge in [0.25, 0.3) is 0 Å². The molecule has 0 radical (unpaired) electrons. The normalized spacial score (nSPS) is 12.0. The van der Waals surface area contributed by atoms with Gasteiger partial charge in [-0.1, -0.05) is 28.9 Å². The van der Waals surface area contributed by atoms with E-state index in [0.717, 1.165) is 4.70 Å². The topological polar surface area (TPSA) is 87.0 Å². The third-order valence-corrected chi connectivity index (χ3v) is 7.80. The van der Waals surface area contributed by atoms with E-state index in [1.54, 1.807) is 30.9 Å². The first-order valence-corrected chi connectivity index (χ1v) is 12.4. The number of amides is 1. The molecule has 0 aliphatic carbocycles. The summed E-state index contributed by atoms with van der Waals surface area (Å²) < 4.78 is 38.2. The summed E-state index contributed by atoms with van der Waals surface area (Å²) in [4.78, 5) is 17.3. The van der Waals surface area contributed by atoms with E-state index in [4.69, 9.17) is 27.5 Å². The Morgan fingerprint density at radius 3 is 2.44 bits per heavy atom. The molecular weight excluding hydrogens is 472 g/mol. The van der Waals surface area contributed by atoms with Crippen molar-refractivity contribution in [2.75, 3.05) is 20.0 Å². The summed E-state index contributed by atoms with van der Waals surface area (Å²) in [6, 6.07) is 9.46. The van der Waals surface area contributed by atoms with Crippen LogP contribution in [0.2, 0.25) is 5.02 Å². The molecule has 0 atom stereocenters. The smallest absolute Gasteiger partial charge is 0.248 e. The highest BCUT2D eigenvalue weighted by molar-refractivity contribution is 7.91. The second-order valence-corrected chi connectivity index (χ2v) is 10.2. The second-order valence-electron chi connectivity index (χ2n) is 6.70. The number of ether oxygens (including phenoxy) is 2. The summed E-state index contributed by atoms with van der Waals surface area (Å²) >= 11 is 7.06. The van der Waals surface area contributed by atoms with Crippen LogP contribution in [0.4, 0.5) is 0 Å². The number of halogens is 1. The molecule has 3 rings (SSSR count). The predicted molar refractivity (Wildman–Crippen MR) is 125 cm³/mol. The van der Waals surface area contributed by atoms with E-state index < -0.39 is 15.7 Å². The number of nitrogens with zero attached hydrogens (tertiary/aromatic N) is 2. The molecule has 0 aliphatic heterocycles. The highest BCUT2D eigenvalue weighted by Crippen LogP contribution is 2.35. The molecule has 1 amide bonds. The minimum Gasteiger partial charge on any atom is -0.495 e. The molecule has 10 heteroatoms. The van der Waals surface area contributed by atoms with Gasteiger partial charge in [-0.3, -0.25) is 4.79 Å². The van der Waals surface area contributed by atoms with Gasteiger partial charge in [-0.15, -0.1) is 6.42 Å². The third-order valence-electron chi connectivity index (χ3n) is 4.64. The van der Waals surface area contributed by atoms with Crippen LogP contribution in [0.3, 0.4) is 0 Å². The third kappa shape index (κ3) is 5.15. The van der Waals surface area contributed by atoms with Crippen molar-refractivity contribution in [2.45, 2.75) is 24.3 Å². The molecular formula is C22H21ClN2O5S2. The number of terminal acetylenes is 1. The quantitative estimate of drug-likeness (QED) is 0.447. The van der Waals surface area contributed by atoms with Gasteiger partial charge in [0.15, 0.2) is 14.6 Å². The zero-order chi connectivity index (χ0) is 23.3. The Bertz CT molecular complexity index is 1350. The Balaban J connectivity index is 1.85.